The number of hydrogen-bond donors (Lipinski definition) is 1. The number of rotatable bonds is 5. The van der Waals surface area contributed by atoms with Gasteiger partial charge < -0.3 is 19.4 Å². The Labute approximate surface area is 168 Å². The van der Waals surface area contributed by atoms with Gasteiger partial charge in [-0.2, -0.15) is 0 Å². The molecule has 0 spiro atoms. The molecule has 1 saturated heterocycles. The van der Waals surface area contributed by atoms with Crippen LogP contribution in [-0.2, 0) is 11.3 Å². The van der Waals surface area contributed by atoms with E-state index in [0.29, 0.717) is 37.3 Å². The lowest BCUT2D eigenvalue weighted by Crippen LogP contribution is -2.48. The highest BCUT2D eigenvalue weighted by molar-refractivity contribution is 5.94. The largest absolute Gasteiger partial charge is 0.420 e. The summed E-state index contributed by atoms with van der Waals surface area (Å²) in [6.07, 6.45) is 0.0945. The molecule has 1 amide bonds. The molecule has 0 bridgehead atoms. The molecule has 4 rings (SSSR count). The lowest BCUT2D eigenvalue weighted by atomic mass is 10.1. The third-order valence-corrected chi connectivity index (χ3v) is 5.08. The first-order chi connectivity index (χ1) is 14.0. The summed E-state index contributed by atoms with van der Waals surface area (Å²) in [5.74, 6) is -0.335. The second-order valence-corrected chi connectivity index (χ2v) is 7.46. The number of para-hydroxylation sites is 2. The van der Waals surface area contributed by atoms with Crippen LogP contribution in [0.5, 0.6) is 0 Å². The van der Waals surface area contributed by atoms with Crippen LogP contribution in [0.25, 0.3) is 11.1 Å². The molecule has 0 aliphatic carbocycles. The predicted molar refractivity (Wildman–Crippen MR) is 111 cm³/mol. The standard InChI is InChI=1S/C22H25N3O4/c1-15-13-24(14-16(2)28-15)21(26)17-7-9-18(10-8-17)23-11-12-25-19-5-3-4-6-20(19)29-22(25)27/h3-10,15-16,23H,11-14H2,1-2H3/t15-,16+. The van der Waals surface area contributed by atoms with E-state index in [9.17, 15) is 9.59 Å². The van der Waals surface area contributed by atoms with Crippen LogP contribution in [0, 0.1) is 0 Å². The fourth-order valence-corrected chi connectivity index (χ4v) is 3.79. The Morgan fingerprint density at radius 2 is 1.76 bits per heavy atom. The zero-order valence-electron chi connectivity index (χ0n) is 16.6. The molecular weight excluding hydrogens is 370 g/mol. The maximum Gasteiger partial charge on any atom is 0.420 e. The number of morpholine rings is 1. The lowest BCUT2D eigenvalue weighted by Gasteiger charge is -2.35. The first kappa shape index (κ1) is 19.3. The number of ether oxygens (including phenoxy) is 1. The van der Waals surface area contributed by atoms with Crippen molar-refractivity contribution in [2.45, 2.75) is 32.6 Å². The Bertz CT molecular complexity index is 1040. The van der Waals surface area contributed by atoms with Gasteiger partial charge in [0.1, 0.15) is 0 Å². The summed E-state index contributed by atoms with van der Waals surface area (Å²) in [6.45, 7) is 6.23. The molecule has 0 unspecified atom stereocenters. The van der Waals surface area contributed by atoms with E-state index in [4.69, 9.17) is 9.15 Å². The smallest absolute Gasteiger partial charge is 0.408 e. The molecule has 152 valence electrons. The van der Waals surface area contributed by atoms with Crippen LogP contribution in [0.2, 0.25) is 0 Å². The lowest BCUT2D eigenvalue weighted by molar-refractivity contribution is -0.0586. The number of fused-ring (bicyclic) bond motifs is 1. The fourth-order valence-electron chi connectivity index (χ4n) is 3.79. The van der Waals surface area contributed by atoms with Crippen molar-refractivity contribution in [1.29, 1.82) is 0 Å². The average Bonchev–Trinajstić information content (AvgIpc) is 3.02. The summed E-state index contributed by atoms with van der Waals surface area (Å²) in [5.41, 5.74) is 2.93. The molecule has 1 aromatic heterocycles. The molecule has 7 nitrogen and oxygen atoms in total. The predicted octanol–water partition coefficient (Wildman–Crippen LogP) is 2.96. The van der Waals surface area contributed by atoms with Gasteiger partial charge in [0.15, 0.2) is 5.58 Å². The highest BCUT2D eigenvalue weighted by atomic mass is 16.5. The van der Waals surface area contributed by atoms with E-state index >= 15 is 0 Å². The van der Waals surface area contributed by atoms with Gasteiger partial charge in [-0.3, -0.25) is 9.36 Å². The van der Waals surface area contributed by atoms with Crippen LogP contribution in [0.4, 0.5) is 5.69 Å². The Morgan fingerprint density at radius 3 is 2.48 bits per heavy atom. The molecular formula is C22H25N3O4. The number of carbonyl (C=O) groups excluding carboxylic acids is 1. The molecule has 0 saturated carbocycles. The van der Waals surface area contributed by atoms with E-state index in [1.54, 1.807) is 10.6 Å². The minimum atomic E-state index is -0.358. The summed E-state index contributed by atoms with van der Waals surface area (Å²) in [6, 6.07) is 14.8. The molecule has 1 aliphatic rings. The summed E-state index contributed by atoms with van der Waals surface area (Å²) < 4.78 is 12.6. The molecule has 3 aromatic rings. The van der Waals surface area contributed by atoms with Crippen LogP contribution in [-0.4, -0.2) is 47.2 Å². The minimum absolute atomic E-state index is 0.0231. The van der Waals surface area contributed by atoms with Gasteiger partial charge in [0.25, 0.3) is 5.91 Å². The third-order valence-electron chi connectivity index (χ3n) is 5.08. The van der Waals surface area contributed by atoms with Crippen LogP contribution in [0.3, 0.4) is 0 Å². The number of hydrogen-bond acceptors (Lipinski definition) is 5. The van der Waals surface area contributed by atoms with Crippen LogP contribution >= 0.6 is 0 Å². The number of benzene rings is 2. The van der Waals surface area contributed by atoms with Crippen LogP contribution in [0.15, 0.2) is 57.7 Å². The molecule has 7 heteroatoms. The second-order valence-electron chi connectivity index (χ2n) is 7.46. The average molecular weight is 395 g/mol. The van der Waals surface area contributed by atoms with E-state index in [1.807, 2.05) is 61.2 Å². The summed E-state index contributed by atoms with van der Waals surface area (Å²) in [4.78, 5) is 26.6. The van der Waals surface area contributed by atoms with E-state index in [-0.39, 0.29) is 23.9 Å². The Balaban J connectivity index is 1.36. The molecule has 1 N–H and O–H groups in total. The third kappa shape index (κ3) is 4.19. The van der Waals surface area contributed by atoms with Gasteiger partial charge in [0.05, 0.1) is 17.7 Å². The van der Waals surface area contributed by atoms with E-state index in [1.165, 1.54) is 0 Å². The molecule has 1 aliphatic heterocycles. The Kier molecular flexibility index (Phi) is 5.40. The number of nitrogens with zero attached hydrogens (tertiary/aromatic N) is 2. The van der Waals surface area contributed by atoms with Crippen molar-refractivity contribution in [2.24, 2.45) is 0 Å². The first-order valence-electron chi connectivity index (χ1n) is 9.88. The Hall–Kier alpha value is -3.06. The zero-order valence-corrected chi connectivity index (χ0v) is 16.6. The highest BCUT2D eigenvalue weighted by Gasteiger charge is 2.26. The summed E-state index contributed by atoms with van der Waals surface area (Å²) in [5, 5.41) is 3.29. The quantitative estimate of drug-likeness (QED) is 0.719. The molecule has 0 radical (unpaired) electrons. The van der Waals surface area contributed by atoms with Gasteiger partial charge >= 0.3 is 5.76 Å². The van der Waals surface area contributed by atoms with Crippen molar-refractivity contribution in [3.05, 3.63) is 64.6 Å². The fraction of sp³-hybridized carbons (Fsp3) is 0.364. The van der Waals surface area contributed by atoms with Crippen molar-refractivity contribution in [2.75, 3.05) is 25.0 Å². The van der Waals surface area contributed by atoms with E-state index in [2.05, 4.69) is 5.32 Å². The molecule has 2 heterocycles. The molecule has 29 heavy (non-hydrogen) atoms. The number of anilines is 1. The van der Waals surface area contributed by atoms with Gasteiger partial charge in [-0.05, 0) is 50.2 Å². The number of oxazole rings is 1. The number of carbonyl (C=O) groups is 1. The van der Waals surface area contributed by atoms with Gasteiger partial charge in [-0.15, -0.1) is 0 Å². The van der Waals surface area contributed by atoms with Gasteiger partial charge in [0, 0.05) is 37.4 Å². The SMILES string of the molecule is C[C@@H]1CN(C(=O)c2ccc(NCCn3c(=O)oc4ccccc43)cc2)C[C@H](C)O1. The minimum Gasteiger partial charge on any atom is -0.408 e. The van der Waals surface area contributed by atoms with E-state index in [0.717, 1.165) is 11.2 Å². The van der Waals surface area contributed by atoms with Crippen molar-refractivity contribution < 1.29 is 13.9 Å². The highest BCUT2D eigenvalue weighted by Crippen LogP contribution is 2.17. The van der Waals surface area contributed by atoms with Gasteiger partial charge in [0.2, 0.25) is 0 Å². The number of amides is 1. The maximum absolute atomic E-state index is 12.7. The van der Waals surface area contributed by atoms with Crippen LogP contribution in [0.1, 0.15) is 24.2 Å². The Morgan fingerprint density at radius 1 is 1.07 bits per heavy atom. The molecule has 2 aromatic carbocycles. The van der Waals surface area contributed by atoms with Crippen molar-refractivity contribution in [3.8, 4) is 0 Å². The topological polar surface area (TPSA) is 76.7 Å². The van der Waals surface area contributed by atoms with E-state index < -0.39 is 0 Å². The normalized spacial score (nSPS) is 19.4. The molecule has 1 fully saturated rings. The number of aromatic nitrogens is 1. The molecule has 2 atom stereocenters. The second kappa shape index (κ2) is 8.13. The van der Waals surface area contributed by atoms with Gasteiger partial charge in [-0.25, -0.2) is 4.79 Å². The van der Waals surface area contributed by atoms with Crippen molar-refractivity contribution >= 4 is 22.7 Å². The van der Waals surface area contributed by atoms with Crippen LogP contribution < -0.4 is 11.1 Å². The first-order valence-corrected chi connectivity index (χ1v) is 9.88. The number of nitrogens with one attached hydrogen (secondary N) is 1. The monoisotopic (exact) mass is 395 g/mol. The zero-order chi connectivity index (χ0) is 20.4. The summed E-state index contributed by atoms with van der Waals surface area (Å²) in [7, 11) is 0. The van der Waals surface area contributed by atoms with Gasteiger partial charge in [-0.1, -0.05) is 12.1 Å². The summed E-state index contributed by atoms with van der Waals surface area (Å²) >= 11 is 0. The maximum atomic E-state index is 12.7. The van der Waals surface area contributed by atoms with Crippen molar-refractivity contribution in [3.63, 3.8) is 0 Å². The van der Waals surface area contributed by atoms with Crippen molar-refractivity contribution in [1.82, 2.24) is 9.47 Å².